The first-order chi connectivity index (χ1) is 15.7. The largest absolute Gasteiger partial charge is 0.459 e. The van der Waals surface area contributed by atoms with Gasteiger partial charge in [0.05, 0.1) is 6.26 Å². The molecule has 1 aromatic carbocycles. The van der Waals surface area contributed by atoms with Crippen LogP contribution in [0.2, 0.25) is 0 Å². The standard InChI is InChI=1S/C24H32N4O5/c1-24(2,3)33-23(31)28-13-11-27(12-14-28)17-19(26-22(30)20-10-7-15-32-20)21(29)25-16-18-8-5-4-6-9-18/h4-10,15,19H,11-14,16-17H2,1-3H3,(H,25,29)(H,26,30). The molecule has 1 atom stereocenters. The van der Waals surface area contributed by atoms with E-state index >= 15 is 0 Å². The highest BCUT2D eigenvalue weighted by Gasteiger charge is 2.29. The van der Waals surface area contributed by atoms with Gasteiger partial charge in [0, 0.05) is 39.3 Å². The molecule has 3 rings (SSSR count). The van der Waals surface area contributed by atoms with E-state index in [0.29, 0.717) is 39.3 Å². The average molecular weight is 457 g/mol. The van der Waals surface area contributed by atoms with Crippen LogP contribution in [0.4, 0.5) is 4.79 Å². The Kier molecular flexibility index (Phi) is 8.11. The molecule has 2 heterocycles. The van der Waals surface area contributed by atoms with E-state index in [1.54, 1.807) is 17.0 Å². The fourth-order valence-corrected chi connectivity index (χ4v) is 3.44. The maximum absolute atomic E-state index is 13.0. The lowest BCUT2D eigenvalue weighted by molar-refractivity contribution is -0.123. The van der Waals surface area contributed by atoms with Crippen molar-refractivity contribution in [3.63, 3.8) is 0 Å². The maximum Gasteiger partial charge on any atom is 0.410 e. The predicted octanol–water partition coefficient (Wildman–Crippen LogP) is 2.25. The fraction of sp³-hybridized carbons (Fsp3) is 0.458. The van der Waals surface area contributed by atoms with Gasteiger partial charge in [0.1, 0.15) is 11.6 Å². The lowest BCUT2D eigenvalue weighted by atomic mass is 10.2. The Morgan fingerprint density at radius 1 is 1.03 bits per heavy atom. The topological polar surface area (TPSA) is 104 Å². The first-order valence-corrected chi connectivity index (χ1v) is 11.1. The Hall–Kier alpha value is -3.33. The Morgan fingerprint density at radius 3 is 2.33 bits per heavy atom. The van der Waals surface area contributed by atoms with Gasteiger partial charge in [-0.15, -0.1) is 0 Å². The van der Waals surface area contributed by atoms with E-state index < -0.39 is 17.6 Å². The summed E-state index contributed by atoms with van der Waals surface area (Å²) >= 11 is 0. The fourth-order valence-electron chi connectivity index (χ4n) is 3.44. The van der Waals surface area contributed by atoms with Crippen LogP contribution in [0.5, 0.6) is 0 Å². The highest BCUT2D eigenvalue weighted by Crippen LogP contribution is 2.12. The SMILES string of the molecule is CC(C)(C)OC(=O)N1CCN(CC(NC(=O)c2ccco2)C(=O)NCc2ccccc2)CC1. The van der Waals surface area contributed by atoms with Crippen molar-refractivity contribution < 1.29 is 23.5 Å². The highest BCUT2D eigenvalue weighted by atomic mass is 16.6. The predicted molar refractivity (Wildman–Crippen MR) is 122 cm³/mol. The molecule has 33 heavy (non-hydrogen) atoms. The number of piperazine rings is 1. The van der Waals surface area contributed by atoms with Crippen LogP contribution < -0.4 is 10.6 Å². The Labute approximate surface area is 194 Å². The van der Waals surface area contributed by atoms with Crippen molar-refractivity contribution in [3.05, 3.63) is 60.1 Å². The summed E-state index contributed by atoms with van der Waals surface area (Å²) in [5.74, 6) is -0.591. The van der Waals surface area contributed by atoms with Crippen molar-refractivity contribution in [1.29, 1.82) is 0 Å². The number of carbonyl (C=O) groups is 3. The van der Waals surface area contributed by atoms with Gasteiger partial charge in [-0.1, -0.05) is 30.3 Å². The second-order valence-electron chi connectivity index (χ2n) is 8.97. The number of nitrogens with zero attached hydrogens (tertiary/aromatic N) is 2. The Morgan fingerprint density at radius 2 is 1.73 bits per heavy atom. The van der Waals surface area contributed by atoms with E-state index in [-0.39, 0.29) is 17.8 Å². The van der Waals surface area contributed by atoms with Crippen molar-refractivity contribution in [1.82, 2.24) is 20.4 Å². The van der Waals surface area contributed by atoms with Crippen molar-refractivity contribution >= 4 is 17.9 Å². The summed E-state index contributed by atoms with van der Waals surface area (Å²) in [4.78, 5) is 41.5. The van der Waals surface area contributed by atoms with Crippen LogP contribution in [0.1, 0.15) is 36.9 Å². The Bertz CT molecular complexity index is 916. The summed E-state index contributed by atoms with van der Waals surface area (Å²) in [6.45, 7) is 8.29. The van der Waals surface area contributed by atoms with Crippen LogP contribution in [0.25, 0.3) is 0 Å². The number of amides is 3. The quantitative estimate of drug-likeness (QED) is 0.662. The van der Waals surface area contributed by atoms with Crippen LogP contribution >= 0.6 is 0 Å². The molecule has 0 aliphatic carbocycles. The zero-order chi connectivity index (χ0) is 23.8. The minimum absolute atomic E-state index is 0.144. The van der Waals surface area contributed by atoms with Gasteiger partial charge in [-0.05, 0) is 38.5 Å². The maximum atomic E-state index is 13.0. The lowest BCUT2D eigenvalue weighted by Gasteiger charge is -2.36. The molecule has 0 saturated carbocycles. The molecular formula is C24H32N4O5. The Balaban J connectivity index is 1.58. The molecule has 2 N–H and O–H groups in total. The van der Waals surface area contributed by atoms with Gasteiger partial charge in [-0.2, -0.15) is 0 Å². The van der Waals surface area contributed by atoms with Crippen molar-refractivity contribution in [3.8, 4) is 0 Å². The van der Waals surface area contributed by atoms with Crippen LogP contribution in [-0.2, 0) is 16.1 Å². The second-order valence-corrected chi connectivity index (χ2v) is 8.97. The molecule has 2 aromatic rings. The van der Waals surface area contributed by atoms with Gasteiger partial charge in [0.25, 0.3) is 5.91 Å². The van der Waals surface area contributed by atoms with E-state index in [0.717, 1.165) is 5.56 Å². The molecule has 1 saturated heterocycles. The monoisotopic (exact) mass is 456 g/mol. The minimum atomic E-state index is -0.778. The molecule has 1 fully saturated rings. The summed E-state index contributed by atoms with van der Waals surface area (Å²) in [5, 5.41) is 5.67. The first-order valence-electron chi connectivity index (χ1n) is 11.1. The van der Waals surface area contributed by atoms with Crippen LogP contribution in [-0.4, -0.2) is 72.1 Å². The number of hydrogen-bond donors (Lipinski definition) is 2. The average Bonchev–Trinajstić information content (AvgIpc) is 3.32. The molecule has 9 nitrogen and oxygen atoms in total. The molecule has 3 amide bonds. The lowest BCUT2D eigenvalue weighted by Crippen LogP contribution is -2.56. The van der Waals surface area contributed by atoms with Crippen molar-refractivity contribution in [2.45, 2.75) is 39.0 Å². The zero-order valence-electron chi connectivity index (χ0n) is 19.4. The molecular weight excluding hydrogens is 424 g/mol. The van der Waals surface area contributed by atoms with Gasteiger partial charge in [0.2, 0.25) is 5.91 Å². The minimum Gasteiger partial charge on any atom is -0.459 e. The molecule has 0 spiro atoms. The molecule has 1 aromatic heterocycles. The third-order valence-electron chi connectivity index (χ3n) is 5.14. The highest BCUT2D eigenvalue weighted by molar-refractivity contribution is 5.95. The van der Waals surface area contributed by atoms with Crippen LogP contribution in [0.15, 0.2) is 53.1 Å². The molecule has 0 bridgehead atoms. The van der Waals surface area contributed by atoms with E-state index in [1.165, 1.54) is 6.26 Å². The summed E-state index contributed by atoms with van der Waals surface area (Å²) in [6.07, 6.45) is 1.07. The number of furan rings is 1. The summed E-state index contributed by atoms with van der Waals surface area (Å²) in [5.41, 5.74) is 0.416. The summed E-state index contributed by atoms with van der Waals surface area (Å²) < 4.78 is 10.6. The molecule has 178 valence electrons. The molecule has 1 aliphatic rings. The summed E-state index contributed by atoms with van der Waals surface area (Å²) in [6, 6.07) is 12.0. The van der Waals surface area contributed by atoms with Crippen molar-refractivity contribution in [2.75, 3.05) is 32.7 Å². The van der Waals surface area contributed by atoms with E-state index in [2.05, 4.69) is 15.5 Å². The van der Waals surface area contributed by atoms with Gasteiger partial charge < -0.3 is 24.7 Å². The van der Waals surface area contributed by atoms with Gasteiger partial charge in [-0.25, -0.2) is 4.79 Å². The number of benzene rings is 1. The van der Waals surface area contributed by atoms with E-state index in [1.807, 2.05) is 51.1 Å². The molecule has 0 radical (unpaired) electrons. The normalized spacial score (nSPS) is 15.5. The summed E-state index contributed by atoms with van der Waals surface area (Å²) in [7, 11) is 0. The van der Waals surface area contributed by atoms with Crippen LogP contribution in [0, 0.1) is 0 Å². The first kappa shape index (κ1) is 24.3. The van der Waals surface area contributed by atoms with Gasteiger partial charge >= 0.3 is 6.09 Å². The zero-order valence-corrected chi connectivity index (χ0v) is 19.4. The third kappa shape index (κ3) is 7.64. The van der Waals surface area contributed by atoms with Crippen molar-refractivity contribution in [2.24, 2.45) is 0 Å². The number of nitrogens with one attached hydrogen (secondary N) is 2. The molecule has 9 heteroatoms. The molecule has 1 aliphatic heterocycles. The second kappa shape index (κ2) is 11.0. The third-order valence-corrected chi connectivity index (χ3v) is 5.14. The van der Waals surface area contributed by atoms with E-state index in [9.17, 15) is 14.4 Å². The smallest absolute Gasteiger partial charge is 0.410 e. The van der Waals surface area contributed by atoms with Gasteiger partial charge in [0.15, 0.2) is 5.76 Å². The van der Waals surface area contributed by atoms with Gasteiger partial charge in [-0.3, -0.25) is 14.5 Å². The van der Waals surface area contributed by atoms with E-state index in [4.69, 9.17) is 9.15 Å². The van der Waals surface area contributed by atoms with Crippen LogP contribution in [0.3, 0.4) is 0 Å². The molecule has 1 unspecified atom stereocenters. The number of rotatable bonds is 7. The number of hydrogen-bond acceptors (Lipinski definition) is 6. The number of ether oxygens (including phenoxy) is 1. The number of carbonyl (C=O) groups excluding carboxylic acids is 3.